The van der Waals surface area contributed by atoms with Crippen LogP contribution in [0.2, 0.25) is 0 Å². The van der Waals surface area contributed by atoms with Crippen molar-refractivity contribution in [2.24, 2.45) is 28.6 Å². The van der Waals surface area contributed by atoms with E-state index in [-0.39, 0.29) is 11.6 Å². The maximum Gasteiger partial charge on any atom is -0.0267 e. The second-order valence-electron chi connectivity index (χ2n) is 6.83. The van der Waals surface area contributed by atoms with Crippen LogP contribution in [-0.2, 0) is 0 Å². The van der Waals surface area contributed by atoms with Crippen LogP contribution in [0.25, 0.3) is 0 Å². The molecule has 2 atom stereocenters. The highest BCUT2D eigenvalue weighted by molar-refractivity contribution is 5.08. The fourth-order valence-corrected chi connectivity index (χ4v) is 4.86. The molecule has 0 spiro atoms. The highest BCUT2D eigenvalue weighted by Crippen LogP contribution is 2.67. The molecule has 2 heteroatoms. The summed E-state index contributed by atoms with van der Waals surface area (Å²) in [5.41, 5.74) is 1.34. The SMILES string of the molecule is CC12CC3CC(CC(C3)C1(C)C)C2.N.O. The van der Waals surface area contributed by atoms with Crippen LogP contribution in [0.5, 0.6) is 0 Å². The fourth-order valence-electron chi connectivity index (χ4n) is 4.86. The predicted octanol–water partition coefficient (Wildman–Crippen LogP) is 3.20. The van der Waals surface area contributed by atoms with Crippen LogP contribution in [0.15, 0.2) is 0 Å². The van der Waals surface area contributed by atoms with Gasteiger partial charge in [-0.15, -0.1) is 0 Å². The molecular weight excluding hydrogens is 186 g/mol. The Labute approximate surface area is 93.7 Å². The molecular formula is C13H27NO. The number of hydrogen-bond acceptors (Lipinski definition) is 1. The van der Waals surface area contributed by atoms with Crippen LogP contribution in [-0.4, -0.2) is 5.48 Å². The highest BCUT2D eigenvalue weighted by Gasteiger charge is 2.58. The summed E-state index contributed by atoms with van der Waals surface area (Å²) in [5.74, 6) is 3.27. The zero-order valence-electron chi connectivity index (χ0n) is 10.5. The van der Waals surface area contributed by atoms with E-state index in [2.05, 4.69) is 20.8 Å². The minimum absolute atomic E-state index is 0. The molecule has 0 radical (unpaired) electrons. The lowest BCUT2D eigenvalue weighted by molar-refractivity contribution is -0.149. The second kappa shape index (κ2) is 3.46. The van der Waals surface area contributed by atoms with Crippen LogP contribution in [0.4, 0.5) is 0 Å². The van der Waals surface area contributed by atoms with E-state index in [4.69, 9.17) is 0 Å². The van der Waals surface area contributed by atoms with Gasteiger partial charge in [0.1, 0.15) is 0 Å². The van der Waals surface area contributed by atoms with Gasteiger partial charge in [0.25, 0.3) is 0 Å². The average Bonchev–Trinajstić information content (AvgIpc) is 1.99. The van der Waals surface area contributed by atoms with Gasteiger partial charge in [-0.1, -0.05) is 20.8 Å². The van der Waals surface area contributed by atoms with E-state index in [1.54, 1.807) is 19.3 Å². The molecule has 0 aromatic carbocycles. The van der Waals surface area contributed by atoms with E-state index in [1.165, 1.54) is 12.8 Å². The molecule has 4 aliphatic carbocycles. The third-order valence-corrected chi connectivity index (χ3v) is 5.96. The average molecular weight is 213 g/mol. The van der Waals surface area contributed by atoms with Gasteiger partial charge in [-0.3, -0.25) is 0 Å². The van der Waals surface area contributed by atoms with Crippen molar-refractivity contribution >= 4 is 0 Å². The molecule has 90 valence electrons. The summed E-state index contributed by atoms with van der Waals surface area (Å²) in [6.07, 6.45) is 7.75. The van der Waals surface area contributed by atoms with Crippen molar-refractivity contribution in [2.45, 2.75) is 52.9 Å². The summed E-state index contributed by atoms with van der Waals surface area (Å²) in [6, 6.07) is 0. The molecule has 4 rings (SSSR count). The Morgan fingerprint density at radius 3 is 1.73 bits per heavy atom. The Balaban J connectivity index is 0.000000562. The monoisotopic (exact) mass is 213 g/mol. The van der Waals surface area contributed by atoms with Gasteiger partial charge in [0, 0.05) is 0 Å². The lowest BCUT2D eigenvalue weighted by Gasteiger charge is -2.65. The number of hydrogen-bond donors (Lipinski definition) is 1. The second-order valence-corrected chi connectivity index (χ2v) is 6.83. The Morgan fingerprint density at radius 1 is 0.867 bits per heavy atom. The van der Waals surface area contributed by atoms with E-state index < -0.39 is 0 Å². The van der Waals surface area contributed by atoms with E-state index in [0.29, 0.717) is 10.8 Å². The molecule has 15 heavy (non-hydrogen) atoms. The molecule has 0 aromatic heterocycles. The van der Waals surface area contributed by atoms with Gasteiger partial charge in [0.05, 0.1) is 0 Å². The lowest BCUT2D eigenvalue weighted by atomic mass is 9.40. The summed E-state index contributed by atoms with van der Waals surface area (Å²) in [5, 5.41) is 0. The minimum Gasteiger partial charge on any atom is -0.412 e. The molecule has 2 nitrogen and oxygen atoms in total. The largest absolute Gasteiger partial charge is 0.412 e. The van der Waals surface area contributed by atoms with Gasteiger partial charge in [-0.25, -0.2) is 0 Å². The van der Waals surface area contributed by atoms with Crippen LogP contribution in [0.3, 0.4) is 0 Å². The third kappa shape index (κ3) is 1.45. The standard InChI is InChI=1S/C13H22.H3N.H2O/c1-12(2)11-5-9-4-10(6-11)8-13(12,3)7-9;;/h9-11H,4-8H2,1-3H3;1H3;1H2. The van der Waals surface area contributed by atoms with Gasteiger partial charge >= 0.3 is 0 Å². The Morgan fingerprint density at radius 2 is 1.33 bits per heavy atom. The van der Waals surface area contributed by atoms with Crippen molar-refractivity contribution in [1.29, 1.82) is 0 Å². The molecule has 0 heterocycles. The van der Waals surface area contributed by atoms with Gasteiger partial charge < -0.3 is 11.6 Å². The maximum atomic E-state index is 2.57. The highest BCUT2D eigenvalue weighted by atomic mass is 16.0. The van der Waals surface area contributed by atoms with Crippen LogP contribution in [0, 0.1) is 28.6 Å². The topological polar surface area (TPSA) is 66.5 Å². The van der Waals surface area contributed by atoms with Gasteiger partial charge in [-0.05, 0) is 60.7 Å². The van der Waals surface area contributed by atoms with E-state index >= 15 is 0 Å². The lowest BCUT2D eigenvalue weighted by Crippen LogP contribution is -2.56. The molecule has 4 fully saturated rings. The summed E-state index contributed by atoms with van der Waals surface area (Å²) >= 11 is 0. The van der Waals surface area contributed by atoms with Crippen LogP contribution in [0.1, 0.15) is 52.9 Å². The normalized spacial score (nSPS) is 49.4. The molecule has 0 saturated heterocycles. The summed E-state index contributed by atoms with van der Waals surface area (Å²) < 4.78 is 0. The maximum absolute atomic E-state index is 2.57. The first-order valence-electron chi connectivity index (χ1n) is 6.01. The van der Waals surface area contributed by atoms with Crippen molar-refractivity contribution in [3.63, 3.8) is 0 Å². The zero-order valence-corrected chi connectivity index (χ0v) is 10.5. The predicted molar refractivity (Wildman–Crippen MR) is 64.1 cm³/mol. The van der Waals surface area contributed by atoms with E-state index in [0.717, 1.165) is 17.8 Å². The summed E-state index contributed by atoms with van der Waals surface area (Å²) in [7, 11) is 0. The quantitative estimate of drug-likeness (QED) is 0.659. The molecule has 0 aromatic rings. The first-order valence-corrected chi connectivity index (χ1v) is 6.01. The van der Waals surface area contributed by atoms with E-state index in [9.17, 15) is 0 Å². The van der Waals surface area contributed by atoms with Crippen molar-refractivity contribution in [1.82, 2.24) is 6.15 Å². The molecule has 2 unspecified atom stereocenters. The molecule has 0 amide bonds. The molecule has 0 aliphatic heterocycles. The molecule has 5 N–H and O–H groups in total. The molecule has 4 bridgehead atoms. The minimum atomic E-state index is 0. The first-order chi connectivity index (χ1) is 6.01. The van der Waals surface area contributed by atoms with E-state index in [1.807, 2.05) is 0 Å². The van der Waals surface area contributed by atoms with Crippen molar-refractivity contribution < 1.29 is 5.48 Å². The third-order valence-electron chi connectivity index (χ3n) is 5.96. The van der Waals surface area contributed by atoms with Crippen LogP contribution < -0.4 is 6.15 Å². The van der Waals surface area contributed by atoms with Crippen molar-refractivity contribution in [3.8, 4) is 0 Å². The zero-order chi connectivity index (χ0) is 9.27. The van der Waals surface area contributed by atoms with Crippen LogP contribution >= 0.6 is 0 Å². The molecule has 4 aliphatic rings. The molecule has 4 saturated carbocycles. The Kier molecular flexibility index (Phi) is 2.99. The van der Waals surface area contributed by atoms with Crippen molar-refractivity contribution in [2.75, 3.05) is 0 Å². The van der Waals surface area contributed by atoms with Gasteiger partial charge in [-0.2, -0.15) is 0 Å². The van der Waals surface area contributed by atoms with Crippen molar-refractivity contribution in [3.05, 3.63) is 0 Å². The van der Waals surface area contributed by atoms with Gasteiger partial charge in [0.15, 0.2) is 0 Å². The van der Waals surface area contributed by atoms with Gasteiger partial charge in [0.2, 0.25) is 0 Å². The number of rotatable bonds is 0. The fraction of sp³-hybridized carbons (Fsp3) is 1.00. The summed E-state index contributed by atoms with van der Waals surface area (Å²) in [4.78, 5) is 0. The Bertz CT molecular complexity index is 235. The smallest absolute Gasteiger partial charge is 0.0267 e. The Hall–Kier alpha value is -0.0800. The first kappa shape index (κ1) is 13.0. The summed E-state index contributed by atoms with van der Waals surface area (Å²) in [6.45, 7) is 7.64.